The Morgan fingerprint density at radius 3 is 2.00 bits per heavy atom. The number of ether oxygens (including phenoxy) is 4. The fraction of sp³-hybridized carbons (Fsp3) is 1.00. The van der Waals surface area contributed by atoms with Crippen molar-refractivity contribution >= 4 is 0 Å². The molecular weight excluding hydrogens is 214 g/mol. The lowest BCUT2D eigenvalue weighted by molar-refractivity contribution is 0.00751. The van der Waals surface area contributed by atoms with E-state index in [1.807, 2.05) is 0 Å². The van der Waals surface area contributed by atoms with Gasteiger partial charge in [-0.1, -0.05) is 0 Å². The fourth-order valence-corrected chi connectivity index (χ4v) is 0.925. The van der Waals surface area contributed by atoms with Crippen LogP contribution in [0, 0.1) is 0 Å². The molecule has 0 aliphatic rings. The third kappa shape index (κ3) is 13.8. The number of aliphatic hydroxyl groups is 1. The largest absolute Gasteiger partial charge is 0.394 e. The van der Waals surface area contributed by atoms with Crippen LogP contribution in [0.1, 0.15) is 0 Å². The van der Waals surface area contributed by atoms with Gasteiger partial charge in [-0.25, -0.2) is 0 Å². The van der Waals surface area contributed by atoms with Crippen LogP contribution in [0.15, 0.2) is 0 Å². The van der Waals surface area contributed by atoms with Crippen molar-refractivity contribution in [1.29, 1.82) is 0 Å². The summed E-state index contributed by atoms with van der Waals surface area (Å²) in [6.07, 6.45) is 0. The van der Waals surface area contributed by atoms with E-state index in [1.165, 1.54) is 0 Å². The smallest absolute Gasteiger partial charge is 0.0962 e. The zero-order valence-corrected chi connectivity index (χ0v) is 9.94. The van der Waals surface area contributed by atoms with Gasteiger partial charge in [0.2, 0.25) is 0 Å². The van der Waals surface area contributed by atoms with E-state index in [4.69, 9.17) is 24.1 Å². The van der Waals surface area contributed by atoms with Crippen molar-refractivity contribution in [2.75, 3.05) is 66.6 Å². The van der Waals surface area contributed by atoms with Gasteiger partial charge in [-0.15, -0.1) is 0 Å². The van der Waals surface area contributed by atoms with E-state index in [2.05, 4.69) is 5.32 Å². The van der Waals surface area contributed by atoms with Crippen LogP contribution >= 0.6 is 0 Å². The summed E-state index contributed by atoms with van der Waals surface area (Å²) >= 11 is 0. The first kappa shape index (κ1) is 15.8. The molecule has 0 radical (unpaired) electrons. The summed E-state index contributed by atoms with van der Waals surface area (Å²) in [7, 11) is 1.64. The van der Waals surface area contributed by atoms with E-state index in [1.54, 1.807) is 7.11 Å². The van der Waals surface area contributed by atoms with Gasteiger partial charge in [0, 0.05) is 13.7 Å². The van der Waals surface area contributed by atoms with Gasteiger partial charge in [-0.2, -0.15) is 0 Å². The minimum atomic E-state index is 0.0532. The lowest BCUT2D eigenvalue weighted by atomic mass is 10.6. The Labute approximate surface area is 96.8 Å². The fourth-order valence-electron chi connectivity index (χ4n) is 0.925. The molecule has 0 saturated carbocycles. The molecule has 0 aromatic rings. The molecule has 0 aromatic carbocycles. The Morgan fingerprint density at radius 2 is 1.44 bits per heavy atom. The van der Waals surface area contributed by atoms with Crippen LogP contribution in [0.3, 0.4) is 0 Å². The first-order valence-electron chi connectivity index (χ1n) is 5.45. The van der Waals surface area contributed by atoms with E-state index in [0.29, 0.717) is 46.4 Å². The summed E-state index contributed by atoms with van der Waals surface area (Å²) in [6.45, 7) is 4.56. The summed E-state index contributed by atoms with van der Waals surface area (Å²) in [5.74, 6) is 0. The third-order valence-electron chi connectivity index (χ3n) is 1.65. The summed E-state index contributed by atoms with van der Waals surface area (Å²) < 4.78 is 20.3. The quantitative estimate of drug-likeness (QED) is 0.323. The first-order chi connectivity index (χ1) is 7.91. The topological polar surface area (TPSA) is 69.2 Å². The normalized spacial score (nSPS) is 10.9. The van der Waals surface area contributed by atoms with Crippen molar-refractivity contribution in [3.8, 4) is 0 Å². The predicted molar refractivity (Wildman–Crippen MR) is 59.4 cm³/mol. The van der Waals surface area contributed by atoms with Crippen molar-refractivity contribution in [3.05, 3.63) is 0 Å². The molecule has 0 aromatic heterocycles. The molecule has 0 saturated heterocycles. The second-order valence-corrected chi connectivity index (χ2v) is 2.99. The number of methoxy groups -OCH3 is 1. The van der Waals surface area contributed by atoms with Crippen molar-refractivity contribution in [2.24, 2.45) is 0 Å². The molecule has 0 unspecified atom stereocenters. The van der Waals surface area contributed by atoms with Crippen molar-refractivity contribution in [1.82, 2.24) is 5.32 Å². The Balaban J connectivity index is 2.83. The summed E-state index contributed by atoms with van der Waals surface area (Å²) in [5, 5.41) is 11.5. The van der Waals surface area contributed by atoms with E-state index in [-0.39, 0.29) is 6.61 Å². The van der Waals surface area contributed by atoms with Gasteiger partial charge < -0.3 is 24.1 Å². The highest BCUT2D eigenvalue weighted by atomic mass is 16.5. The van der Waals surface area contributed by atoms with Gasteiger partial charge in [0.25, 0.3) is 0 Å². The second-order valence-electron chi connectivity index (χ2n) is 2.99. The molecule has 0 bridgehead atoms. The van der Waals surface area contributed by atoms with Crippen molar-refractivity contribution in [2.45, 2.75) is 0 Å². The molecule has 98 valence electrons. The molecule has 0 spiro atoms. The van der Waals surface area contributed by atoms with Crippen molar-refractivity contribution in [3.63, 3.8) is 0 Å². The highest BCUT2D eigenvalue weighted by Gasteiger charge is 1.91. The first-order valence-corrected chi connectivity index (χ1v) is 5.45. The second kappa shape index (κ2) is 14.8. The van der Waals surface area contributed by atoms with E-state index < -0.39 is 0 Å². The zero-order chi connectivity index (χ0) is 11.9. The van der Waals surface area contributed by atoms with E-state index in [9.17, 15) is 0 Å². The molecule has 0 aliphatic carbocycles. The Morgan fingerprint density at radius 1 is 0.875 bits per heavy atom. The average molecular weight is 237 g/mol. The predicted octanol–water partition coefficient (Wildman–Crippen LogP) is -0.778. The van der Waals surface area contributed by atoms with Crippen LogP contribution in [0.2, 0.25) is 0 Å². The Bertz CT molecular complexity index is 112. The highest BCUT2D eigenvalue weighted by molar-refractivity contribution is 4.38. The maximum Gasteiger partial charge on any atom is 0.0962 e. The molecule has 0 rings (SSSR count). The maximum atomic E-state index is 8.43. The zero-order valence-electron chi connectivity index (χ0n) is 9.94. The highest BCUT2D eigenvalue weighted by Crippen LogP contribution is 1.80. The molecule has 0 fully saturated rings. The van der Waals surface area contributed by atoms with Gasteiger partial charge in [0.1, 0.15) is 0 Å². The molecule has 16 heavy (non-hydrogen) atoms. The molecule has 0 amide bonds. The summed E-state index contributed by atoms with van der Waals surface area (Å²) in [6, 6.07) is 0. The van der Waals surface area contributed by atoms with E-state index >= 15 is 0 Å². The van der Waals surface area contributed by atoms with Gasteiger partial charge in [-0.05, 0) is 0 Å². The molecule has 6 nitrogen and oxygen atoms in total. The van der Waals surface area contributed by atoms with Gasteiger partial charge in [0.15, 0.2) is 0 Å². The lowest BCUT2D eigenvalue weighted by Gasteiger charge is -2.06. The summed E-state index contributed by atoms with van der Waals surface area (Å²) in [5.41, 5.74) is 0. The lowest BCUT2D eigenvalue weighted by Crippen LogP contribution is -2.22. The SMILES string of the molecule is COCNCCOCCOCCOCCO. The molecule has 2 N–H and O–H groups in total. The van der Waals surface area contributed by atoms with Gasteiger partial charge in [-0.3, -0.25) is 5.32 Å². The molecule has 0 heterocycles. The number of aliphatic hydroxyl groups excluding tert-OH is 1. The van der Waals surface area contributed by atoms with Crippen LogP contribution in [0.25, 0.3) is 0 Å². The third-order valence-corrected chi connectivity index (χ3v) is 1.65. The standard InChI is InChI=1S/C10H23NO5/c1-13-10-11-2-4-14-6-8-16-9-7-15-5-3-12/h11-12H,2-10H2,1H3. The minimum absolute atomic E-state index is 0.0532. The number of hydrogen-bond acceptors (Lipinski definition) is 6. The van der Waals surface area contributed by atoms with Crippen molar-refractivity contribution < 1.29 is 24.1 Å². The van der Waals surface area contributed by atoms with Crippen LogP contribution in [-0.4, -0.2) is 71.7 Å². The van der Waals surface area contributed by atoms with Crippen LogP contribution in [0.4, 0.5) is 0 Å². The van der Waals surface area contributed by atoms with Crippen LogP contribution in [-0.2, 0) is 18.9 Å². The minimum Gasteiger partial charge on any atom is -0.394 e. The monoisotopic (exact) mass is 237 g/mol. The maximum absolute atomic E-state index is 8.43. The Hall–Kier alpha value is -0.240. The summed E-state index contributed by atoms with van der Waals surface area (Å²) in [4.78, 5) is 0. The molecule has 6 heteroatoms. The molecular formula is C10H23NO5. The molecule has 0 atom stereocenters. The van der Waals surface area contributed by atoms with E-state index in [0.717, 1.165) is 6.54 Å². The number of nitrogens with one attached hydrogen (secondary N) is 1. The Kier molecular flexibility index (Phi) is 14.5. The van der Waals surface area contributed by atoms with Crippen LogP contribution in [0.5, 0.6) is 0 Å². The average Bonchev–Trinajstić information content (AvgIpc) is 2.31. The van der Waals surface area contributed by atoms with Gasteiger partial charge in [0.05, 0.1) is 53.0 Å². The molecule has 0 aliphatic heterocycles. The van der Waals surface area contributed by atoms with Gasteiger partial charge >= 0.3 is 0 Å². The number of rotatable bonds is 13. The number of hydrogen-bond donors (Lipinski definition) is 2. The van der Waals surface area contributed by atoms with Crippen LogP contribution < -0.4 is 5.32 Å².